The van der Waals surface area contributed by atoms with Crippen LogP contribution in [0.2, 0.25) is 0 Å². The summed E-state index contributed by atoms with van der Waals surface area (Å²) in [5.41, 5.74) is 2.80. The number of hydrogen-bond donors (Lipinski definition) is 0. The molecule has 2 aliphatic rings. The van der Waals surface area contributed by atoms with Gasteiger partial charge in [-0.1, -0.05) is 18.9 Å². The second-order valence-electron chi connectivity index (χ2n) is 4.56. The SMILES string of the molecule is CC12CCCCC1=CC(=C=O)CC2. The van der Waals surface area contributed by atoms with E-state index >= 15 is 0 Å². The van der Waals surface area contributed by atoms with Gasteiger partial charge in [0.1, 0.15) is 5.94 Å². The Labute approximate surface area is 79.5 Å². The van der Waals surface area contributed by atoms with Gasteiger partial charge in [0.15, 0.2) is 0 Å². The summed E-state index contributed by atoms with van der Waals surface area (Å²) in [5, 5.41) is 0. The predicted octanol–water partition coefficient (Wildman–Crippen LogP) is 3.04. The molecule has 1 nitrogen and oxygen atoms in total. The van der Waals surface area contributed by atoms with Crippen LogP contribution in [0.4, 0.5) is 0 Å². The maximum atomic E-state index is 10.5. The maximum absolute atomic E-state index is 10.5. The average molecular weight is 176 g/mol. The number of carbonyl (C=O) groups excluding carboxylic acids is 1. The van der Waals surface area contributed by atoms with Gasteiger partial charge in [-0.25, -0.2) is 4.79 Å². The van der Waals surface area contributed by atoms with Crippen molar-refractivity contribution >= 4 is 5.94 Å². The van der Waals surface area contributed by atoms with Gasteiger partial charge < -0.3 is 0 Å². The fraction of sp³-hybridized carbons (Fsp3) is 0.667. The maximum Gasteiger partial charge on any atom is 0.127 e. The zero-order valence-corrected chi connectivity index (χ0v) is 8.23. The Morgan fingerprint density at radius 2 is 2.15 bits per heavy atom. The van der Waals surface area contributed by atoms with Crippen molar-refractivity contribution in [1.82, 2.24) is 0 Å². The smallest absolute Gasteiger partial charge is 0.127 e. The minimum Gasteiger partial charge on any atom is -0.233 e. The van der Waals surface area contributed by atoms with Crippen LogP contribution in [0.3, 0.4) is 0 Å². The highest BCUT2D eigenvalue weighted by atomic mass is 16.1. The molecule has 0 amide bonds. The van der Waals surface area contributed by atoms with Crippen molar-refractivity contribution in [1.29, 1.82) is 0 Å². The van der Waals surface area contributed by atoms with Crippen LogP contribution in [0.15, 0.2) is 17.2 Å². The minimum atomic E-state index is 0.415. The van der Waals surface area contributed by atoms with Gasteiger partial charge in [-0.15, -0.1) is 0 Å². The zero-order chi connectivity index (χ0) is 9.31. The molecule has 70 valence electrons. The fourth-order valence-electron chi connectivity index (χ4n) is 2.60. The van der Waals surface area contributed by atoms with E-state index in [1.807, 2.05) is 5.94 Å². The van der Waals surface area contributed by atoms with Crippen molar-refractivity contribution in [2.75, 3.05) is 0 Å². The molecule has 0 aliphatic heterocycles. The molecule has 1 fully saturated rings. The zero-order valence-electron chi connectivity index (χ0n) is 8.23. The Kier molecular flexibility index (Phi) is 2.13. The molecule has 2 aliphatic carbocycles. The van der Waals surface area contributed by atoms with Crippen molar-refractivity contribution < 1.29 is 4.79 Å². The molecule has 0 saturated heterocycles. The average Bonchev–Trinajstić information content (AvgIpc) is 2.16. The Hall–Kier alpha value is -0.810. The molecular weight excluding hydrogens is 160 g/mol. The summed E-state index contributed by atoms with van der Waals surface area (Å²) in [4.78, 5) is 10.5. The lowest BCUT2D eigenvalue weighted by atomic mass is 9.65. The van der Waals surface area contributed by atoms with E-state index in [2.05, 4.69) is 13.0 Å². The first-order valence-corrected chi connectivity index (χ1v) is 5.20. The van der Waals surface area contributed by atoms with Gasteiger partial charge in [-0.2, -0.15) is 0 Å². The molecule has 0 aromatic carbocycles. The van der Waals surface area contributed by atoms with Crippen LogP contribution in [-0.4, -0.2) is 5.94 Å². The first-order chi connectivity index (χ1) is 6.24. The molecule has 1 unspecified atom stereocenters. The van der Waals surface area contributed by atoms with E-state index in [-0.39, 0.29) is 0 Å². The number of allylic oxidation sites excluding steroid dienone is 3. The first-order valence-electron chi connectivity index (χ1n) is 5.20. The van der Waals surface area contributed by atoms with E-state index in [0.29, 0.717) is 5.41 Å². The Morgan fingerprint density at radius 1 is 1.31 bits per heavy atom. The van der Waals surface area contributed by atoms with Crippen LogP contribution in [0, 0.1) is 5.41 Å². The number of rotatable bonds is 0. The first kappa shape index (κ1) is 8.77. The van der Waals surface area contributed by atoms with Crippen molar-refractivity contribution in [2.24, 2.45) is 5.41 Å². The molecule has 1 atom stereocenters. The normalized spacial score (nSPS) is 33.3. The van der Waals surface area contributed by atoms with Crippen LogP contribution in [0.25, 0.3) is 0 Å². The third-order valence-electron chi connectivity index (χ3n) is 3.63. The lowest BCUT2D eigenvalue weighted by Gasteiger charge is -2.39. The largest absolute Gasteiger partial charge is 0.233 e. The van der Waals surface area contributed by atoms with Crippen molar-refractivity contribution in [2.45, 2.75) is 45.4 Å². The standard InChI is InChI=1S/C12H16O/c1-12-6-3-2-4-11(12)8-10(9-13)5-7-12/h8H,2-7H2,1H3. The second-order valence-corrected chi connectivity index (χ2v) is 4.56. The Bertz CT molecular complexity index is 294. The monoisotopic (exact) mass is 176 g/mol. The molecule has 0 radical (unpaired) electrons. The third-order valence-corrected chi connectivity index (χ3v) is 3.63. The van der Waals surface area contributed by atoms with E-state index in [9.17, 15) is 4.79 Å². The summed E-state index contributed by atoms with van der Waals surface area (Å²) in [6.45, 7) is 2.35. The van der Waals surface area contributed by atoms with Crippen LogP contribution < -0.4 is 0 Å². The van der Waals surface area contributed by atoms with E-state index in [4.69, 9.17) is 0 Å². The molecule has 0 aromatic rings. The molecule has 13 heavy (non-hydrogen) atoms. The summed E-state index contributed by atoms with van der Waals surface area (Å²) in [6, 6.07) is 0. The Morgan fingerprint density at radius 3 is 2.92 bits per heavy atom. The van der Waals surface area contributed by atoms with Crippen LogP contribution in [0.1, 0.15) is 45.4 Å². The van der Waals surface area contributed by atoms with Gasteiger partial charge in [-0.05, 0) is 43.6 Å². The molecular formula is C12H16O. The second kappa shape index (κ2) is 3.16. The topological polar surface area (TPSA) is 17.1 Å². The highest BCUT2D eigenvalue weighted by molar-refractivity contribution is 5.59. The predicted molar refractivity (Wildman–Crippen MR) is 53.1 cm³/mol. The number of fused-ring (bicyclic) bond motifs is 1. The summed E-state index contributed by atoms with van der Waals surface area (Å²) in [5.74, 6) is 2.04. The molecule has 1 saturated carbocycles. The molecule has 0 spiro atoms. The van der Waals surface area contributed by atoms with E-state index in [1.54, 1.807) is 0 Å². The van der Waals surface area contributed by atoms with Crippen LogP contribution in [0.5, 0.6) is 0 Å². The quantitative estimate of drug-likeness (QED) is 0.518. The molecule has 2 rings (SSSR count). The van der Waals surface area contributed by atoms with Crippen LogP contribution in [-0.2, 0) is 4.79 Å². The number of hydrogen-bond acceptors (Lipinski definition) is 1. The molecule has 0 N–H and O–H groups in total. The summed E-state index contributed by atoms with van der Waals surface area (Å²) >= 11 is 0. The lowest BCUT2D eigenvalue weighted by molar-refractivity contribution is 0.274. The lowest BCUT2D eigenvalue weighted by Crippen LogP contribution is -2.26. The Balaban J connectivity index is 2.33. The van der Waals surface area contributed by atoms with E-state index < -0.39 is 0 Å². The minimum absolute atomic E-state index is 0.415. The molecule has 1 heteroatoms. The fourth-order valence-corrected chi connectivity index (χ4v) is 2.60. The molecule has 0 heterocycles. The van der Waals surface area contributed by atoms with Gasteiger partial charge in [0.05, 0.1) is 0 Å². The molecule has 0 aromatic heterocycles. The van der Waals surface area contributed by atoms with Gasteiger partial charge in [-0.3, -0.25) is 0 Å². The highest BCUT2D eigenvalue weighted by Crippen LogP contribution is 2.47. The molecule has 0 bridgehead atoms. The van der Waals surface area contributed by atoms with E-state index in [1.165, 1.54) is 31.3 Å². The van der Waals surface area contributed by atoms with Crippen molar-refractivity contribution in [3.8, 4) is 0 Å². The van der Waals surface area contributed by atoms with Gasteiger partial charge in [0, 0.05) is 5.57 Å². The summed E-state index contributed by atoms with van der Waals surface area (Å²) in [6.07, 6.45) is 9.36. The van der Waals surface area contributed by atoms with Gasteiger partial charge in [0.2, 0.25) is 0 Å². The van der Waals surface area contributed by atoms with E-state index in [0.717, 1.165) is 18.4 Å². The summed E-state index contributed by atoms with van der Waals surface area (Å²) in [7, 11) is 0. The summed E-state index contributed by atoms with van der Waals surface area (Å²) < 4.78 is 0. The van der Waals surface area contributed by atoms with Gasteiger partial charge >= 0.3 is 0 Å². The third kappa shape index (κ3) is 1.49. The van der Waals surface area contributed by atoms with Crippen molar-refractivity contribution in [3.05, 3.63) is 17.2 Å². The van der Waals surface area contributed by atoms with Crippen molar-refractivity contribution in [3.63, 3.8) is 0 Å². The van der Waals surface area contributed by atoms with Gasteiger partial charge in [0.25, 0.3) is 0 Å². The highest BCUT2D eigenvalue weighted by Gasteiger charge is 2.33. The van der Waals surface area contributed by atoms with Crippen LogP contribution >= 0.6 is 0 Å².